The standard InChI is InChI=1S/C15H12ClN3O/c16-11-7-5-10(6-8-11)9-14-18-13-4-2-1-3-12(13)15(20)19(14)17/h1-8H,9,17H2. The molecular formula is C15H12ClN3O. The van der Waals surface area contributed by atoms with Gasteiger partial charge in [0.2, 0.25) is 0 Å². The third-order valence-electron chi connectivity index (χ3n) is 3.16. The van der Waals surface area contributed by atoms with Crippen LogP contribution in [-0.2, 0) is 6.42 Å². The average molecular weight is 286 g/mol. The van der Waals surface area contributed by atoms with Crippen molar-refractivity contribution in [3.63, 3.8) is 0 Å². The third-order valence-corrected chi connectivity index (χ3v) is 3.41. The molecule has 0 aliphatic carbocycles. The minimum atomic E-state index is -0.237. The van der Waals surface area contributed by atoms with E-state index >= 15 is 0 Å². The van der Waals surface area contributed by atoms with Gasteiger partial charge in [-0.3, -0.25) is 4.79 Å². The van der Waals surface area contributed by atoms with E-state index in [9.17, 15) is 4.79 Å². The van der Waals surface area contributed by atoms with Gasteiger partial charge in [0, 0.05) is 11.4 Å². The lowest BCUT2D eigenvalue weighted by Gasteiger charge is -2.09. The average Bonchev–Trinajstić information content (AvgIpc) is 2.47. The van der Waals surface area contributed by atoms with Crippen molar-refractivity contribution < 1.29 is 0 Å². The smallest absolute Gasteiger partial charge is 0.279 e. The summed E-state index contributed by atoms with van der Waals surface area (Å²) >= 11 is 5.85. The molecule has 0 aliphatic rings. The van der Waals surface area contributed by atoms with Gasteiger partial charge in [0.1, 0.15) is 5.82 Å². The van der Waals surface area contributed by atoms with Gasteiger partial charge < -0.3 is 5.84 Å². The van der Waals surface area contributed by atoms with Crippen LogP contribution in [0.2, 0.25) is 5.02 Å². The number of aromatic nitrogens is 2. The summed E-state index contributed by atoms with van der Waals surface area (Å²) in [7, 11) is 0. The van der Waals surface area contributed by atoms with Crippen molar-refractivity contribution in [2.24, 2.45) is 0 Å². The van der Waals surface area contributed by atoms with Crippen LogP contribution in [0.5, 0.6) is 0 Å². The number of halogens is 1. The van der Waals surface area contributed by atoms with Crippen LogP contribution in [0, 0.1) is 0 Å². The van der Waals surface area contributed by atoms with E-state index in [0.717, 1.165) is 10.2 Å². The zero-order valence-corrected chi connectivity index (χ0v) is 11.3. The van der Waals surface area contributed by atoms with Gasteiger partial charge in [-0.25, -0.2) is 9.66 Å². The zero-order valence-electron chi connectivity index (χ0n) is 10.6. The Morgan fingerprint density at radius 1 is 1.10 bits per heavy atom. The van der Waals surface area contributed by atoms with E-state index in [1.807, 2.05) is 24.3 Å². The highest BCUT2D eigenvalue weighted by atomic mass is 35.5. The second-order valence-electron chi connectivity index (χ2n) is 4.52. The molecule has 2 aromatic carbocycles. The lowest BCUT2D eigenvalue weighted by Crippen LogP contribution is -2.31. The molecule has 3 aromatic rings. The summed E-state index contributed by atoms with van der Waals surface area (Å²) in [5.74, 6) is 6.37. The number of nitrogen functional groups attached to an aromatic ring is 1. The molecule has 0 fully saturated rings. The number of benzene rings is 2. The van der Waals surface area contributed by atoms with Gasteiger partial charge >= 0.3 is 0 Å². The summed E-state index contributed by atoms with van der Waals surface area (Å²) in [5.41, 5.74) is 1.42. The predicted octanol–water partition coefficient (Wildman–Crippen LogP) is 2.35. The molecule has 0 bridgehead atoms. The number of rotatable bonds is 2. The minimum absolute atomic E-state index is 0.237. The molecular weight excluding hydrogens is 274 g/mol. The lowest BCUT2D eigenvalue weighted by molar-refractivity contribution is 0.814. The van der Waals surface area contributed by atoms with Crippen molar-refractivity contribution in [1.29, 1.82) is 0 Å². The normalized spacial score (nSPS) is 10.8. The van der Waals surface area contributed by atoms with Crippen LogP contribution < -0.4 is 11.4 Å². The Morgan fingerprint density at radius 2 is 1.80 bits per heavy atom. The van der Waals surface area contributed by atoms with Gasteiger partial charge in [0.15, 0.2) is 0 Å². The van der Waals surface area contributed by atoms with Gasteiger partial charge in [-0.15, -0.1) is 0 Å². The highest BCUT2D eigenvalue weighted by Crippen LogP contribution is 2.13. The summed E-state index contributed by atoms with van der Waals surface area (Å²) in [6.45, 7) is 0. The minimum Gasteiger partial charge on any atom is -0.335 e. The van der Waals surface area contributed by atoms with Crippen molar-refractivity contribution in [2.75, 3.05) is 5.84 Å². The van der Waals surface area contributed by atoms with Gasteiger partial charge in [0.25, 0.3) is 5.56 Å². The molecule has 100 valence electrons. The van der Waals surface area contributed by atoms with Gasteiger partial charge in [-0.05, 0) is 29.8 Å². The number of fused-ring (bicyclic) bond motifs is 1. The number of hydrogen-bond acceptors (Lipinski definition) is 3. The maximum atomic E-state index is 12.2. The maximum absolute atomic E-state index is 12.2. The number of nitrogens with zero attached hydrogens (tertiary/aromatic N) is 2. The van der Waals surface area contributed by atoms with Crippen molar-refractivity contribution in [2.45, 2.75) is 6.42 Å². The van der Waals surface area contributed by atoms with Crippen molar-refractivity contribution in [1.82, 2.24) is 9.66 Å². The monoisotopic (exact) mass is 285 g/mol. The van der Waals surface area contributed by atoms with E-state index in [1.165, 1.54) is 0 Å². The Hall–Kier alpha value is -2.33. The molecule has 0 spiro atoms. The fourth-order valence-corrected chi connectivity index (χ4v) is 2.23. The Labute approximate surface area is 120 Å². The summed E-state index contributed by atoms with van der Waals surface area (Å²) in [4.78, 5) is 16.6. The molecule has 0 saturated heterocycles. The molecule has 0 amide bonds. The largest absolute Gasteiger partial charge is 0.335 e. The number of hydrogen-bond donors (Lipinski definition) is 1. The third kappa shape index (κ3) is 2.26. The van der Waals surface area contributed by atoms with Crippen molar-refractivity contribution in [3.05, 3.63) is 75.3 Å². The first-order valence-corrected chi connectivity index (χ1v) is 6.53. The fourth-order valence-electron chi connectivity index (χ4n) is 2.10. The van der Waals surface area contributed by atoms with E-state index < -0.39 is 0 Å². The molecule has 5 heteroatoms. The quantitative estimate of drug-likeness (QED) is 0.735. The first kappa shape index (κ1) is 12.7. The predicted molar refractivity (Wildman–Crippen MR) is 80.4 cm³/mol. The molecule has 0 unspecified atom stereocenters. The molecule has 0 radical (unpaired) electrons. The Kier molecular flexibility index (Phi) is 3.16. The van der Waals surface area contributed by atoms with Crippen LogP contribution >= 0.6 is 11.6 Å². The molecule has 4 nitrogen and oxygen atoms in total. The van der Waals surface area contributed by atoms with E-state index in [-0.39, 0.29) is 5.56 Å². The molecule has 3 rings (SSSR count). The van der Waals surface area contributed by atoms with Crippen molar-refractivity contribution >= 4 is 22.5 Å². The molecule has 0 aliphatic heterocycles. The molecule has 20 heavy (non-hydrogen) atoms. The van der Waals surface area contributed by atoms with Crippen LogP contribution in [0.3, 0.4) is 0 Å². The van der Waals surface area contributed by atoms with Gasteiger partial charge in [-0.2, -0.15) is 0 Å². The fraction of sp³-hybridized carbons (Fsp3) is 0.0667. The Morgan fingerprint density at radius 3 is 2.55 bits per heavy atom. The number of para-hydroxylation sites is 1. The van der Waals surface area contributed by atoms with Crippen LogP contribution in [0.1, 0.15) is 11.4 Å². The molecule has 0 saturated carbocycles. The van der Waals surface area contributed by atoms with E-state index in [4.69, 9.17) is 17.4 Å². The molecule has 1 heterocycles. The number of nitrogens with two attached hydrogens (primary N) is 1. The zero-order chi connectivity index (χ0) is 14.1. The highest BCUT2D eigenvalue weighted by molar-refractivity contribution is 6.30. The second-order valence-corrected chi connectivity index (χ2v) is 4.96. The summed E-state index contributed by atoms with van der Waals surface area (Å²) in [6.07, 6.45) is 0.480. The van der Waals surface area contributed by atoms with Crippen LogP contribution in [0.4, 0.5) is 0 Å². The Balaban J connectivity index is 2.10. The second kappa shape index (κ2) is 4.98. The summed E-state index contributed by atoms with van der Waals surface area (Å²) in [5, 5.41) is 1.19. The Bertz CT molecular complexity index is 825. The maximum Gasteiger partial charge on any atom is 0.279 e. The van der Waals surface area contributed by atoms with Crippen LogP contribution in [0.25, 0.3) is 10.9 Å². The van der Waals surface area contributed by atoms with Gasteiger partial charge in [0.05, 0.1) is 10.9 Å². The SMILES string of the molecule is Nn1c(Cc2ccc(Cl)cc2)nc2ccccc2c1=O. The van der Waals surface area contributed by atoms with E-state index in [2.05, 4.69) is 4.98 Å². The van der Waals surface area contributed by atoms with Crippen molar-refractivity contribution in [3.8, 4) is 0 Å². The summed E-state index contributed by atoms with van der Waals surface area (Å²) in [6, 6.07) is 14.6. The highest BCUT2D eigenvalue weighted by Gasteiger charge is 2.09. The molecule has 1 aromatic heterocycles. The summed E-state index contributed by atoms with van der Waals surface area (Å²) < 4.78 is 1.11. The van der Waals surface area contributed by atoms with Crippen LogP contribution in [-0.4, -0.2) is 9.66 Å². The first-order valence-electron chi connectivity index (χ1n) is 6.15. The lowest BCUT2D eigenvalue weighted by atomic mass is 10.1. The molecule has 0 atom stereocenters. The van der Waals surface area contributed by atoms with E-state index in [1.54, 1.807) is 24.3 Å². The first-order chi connectivity index (χ1) is 9.65. The topological polar surface area (TPSA) is 60.9 Å². The van der Waals surface area contributed by atoms with E-state index in [0.29, 0.717) is 28.2 Å². The van der Waals surface area contributed by atoms with Crippen LogP contribution in [0.15, 0.2) is 53.3 Å². The van der Waals surface area contributed by atoms with Gasteiger partial charge in [-0.1, -0.05) is 35.9 Å². The molecule has 2 N–H and O–H groups in total.